The van der Waals surface area contributed by atoms with E-state index in [9.17, 15) is 4.79 Å². The van der Waals surface area contributed by atoms with E-state index in [0.717, 1.165) is 22.6 Å². The molecule has 2 heterocycles. The second kappa shape index (κ2) is 5.75. The van der Waals surface area contributed by atoms with Crippen LogP contribution in [0.25, 0.3) is 11.0 Å². The Hall–Kier alpha value is -2.69. The number of nitrogens with zero attached hydrogens (tertiary/aromatic N) is 3. The third-order valence-corrected chi connectivity index (χ3v) is 3.31. The lowest BCUT2D eigenvalue weighted by Crippen LogP contribution is -2.28. The topological polar surface area (TPSA) is 61.9 Å². The summed E-state index contributed by atoms with van der Waals surface area (Å²) in [7, 11) is 1.78. The van der Waals surface area contributed by atoms with Crippen molar-refractivity contribution in [2.45, 2.75) is 13.0 Å². The molecule has 0 saturated carbocycles. The zero-order valence-corrected chi connectivity index (χ0v) is 11.8. The largest absolute Gasteiger partial charge is 0.340 e. The van der Waals surface area contributed by atoms with Gasteiger partial charge in [-0.15, -0.1) is 0 Å². The summed E-state index contributed by atoms with van der Waals surface area (Å²) >= 11 is 0. The molecule has 0 spiro atoms. The first kappa shape index (κ1) is 13.3. The number of fused-ring (bicyclic) bond motifs is 1. The van der Waals surface area contributed by atoms with Crippen LogP contribution in [0.3, 0.4) is 0 Å². The number of H-pyrrole nitrogens is 1. The molecule has 0 saturated heterocycles. The molecule has 5 heteroatoms. The Bertz CT molecular complexity index is 718. The molecule has 1 amide bonds. The number of amides is 1. The first-order valence-corrected chi connectivity index (χ1v) is 6.80. The van der Waals surface area contributed by atoms with Crippen molar-refractivity contribution in [1.82, 2.24) is 19.9 Å². The highest BCUT2D eigenvalue weighted by molar-refractivity contribution is 5.78. The van der Waals surface area contributed by atoms with Crippen molar-refractivity contribution in [3.8, 4) is 0 Å². The lowest BCUT2D eigenvalue weighted by atomic mass is 10.2. The molecule has 0 atom stereocenters. The number of aromatic nitrogens is 3. The molecule has 1 aromatic carbocycles. The summed E-state index contributed by atoms with van der Waals surface area (Å²) in [6, 6.07) is 13.4. The van der Waals surface area contributed by atoms with Crippen molar-refractivity contribution in [1.29, 1.82) is 0 Å². The number of pyridine rings is 1. The minimum atomic E-state index is 0.0224. The van der Waals surface area contributed by atoms with Crippen LogP contribution >= 0.6 is 0 Å². The number of hydrogen-bond acceptors (Lipinski definition) is 3. The molecule has 21 heavy (non-hydrogen) atoms. The van der Waals surface area contributed by atoms with Gasteiger partial charge in [-0.3, -0.25) is 9.78 Å². The highest BCUT2D eigenvalue weighted by atomic mass is 16.2. The van der Waals surface area contributed by atoms with Crippen molar-refractivity contribution in [2.24, 2.45) is 0 Å². The summed E-state index contributed by atoms with van der Waals surface area (Å²) in [6.07, 6.45) is 2.00. The molecule has 0 aliphatic carbocycles. The Morgan fingerprint density at radius 1 is 1.19 bits per heavy atom. The zero-order valence-electron chi connectivity index (χ0n) is 11.8. The summed E-state index contributed by atoms with van der Waals surface area (Å²) in [6.45, 7) is 0.459. The second-order valence-electron chi connectivity index (χ2n) is 4.95. The molecule has 5 nitrogen and oxygen atoms in total. The van der Waals surface area contributed by atoms with E-state index < -0.39 is 0 Å². The lowest BCUT2D eigenvalue weighted by Gasteiger charge is -2.15. The summed E-state index contributed by atoms with van der Waals surface area (Å²) < 4.78 is 0. The number of aromatic amines is 1. The number of para-hydroxylation sites is 2. The highest BCUT2D eigenvalue weighted by Gasteiger charge is 2.12. The van der Waals surface area contributed by atoms with Crippen LogP contribution < -0.4 is 0 Å². The van der Waals surface area contributed by atoms with Crippen LogP contribution in [0.2, 0.25) is 0 Å². The van der Waals surface area contributed by atoms with Gasteiger partial charge in [0.25, 0.3) is 0 Å². The molecular weight excluding hydrogens is 264 g/mol. The summed E-state index contributed by atoms with van der Waals surface area (Å²) in [5.41, 5.74) is 2.68. The van der Waals surface area contributed by atoms with E-state index in [0.29, 0.717) is 13.0 Å². The first-order chi connectivity index (χ1) is 10.2. The number of imidazole rings is 1. The lowest BCUT2D eigenvalue weighted by molar-refractivity contribution is -0.129. The van der Waals surface area contributed by atoms with Crippen molar-refractivity contribution >= 4 is 16.9 Å². The van der Waals surface area contributed by atoms with E-state index in [4.69, 9.17) is 0 Å². The van der Waals surface area contributed by atoms with Crippen molar-refractivity contribution in [2.75, 3.05) is 7.05 Å². The van der Waals surface area contributed by atoms with E-state index in [1.165, 1.54) is 0 Å². The quantitative estimate of drug-likeness (QED) is 0.796. The molecule has 2 aromatic heterocycles. The Morgan fingerprint density at radius 2 is 2.00 bits per heavy atom. The minimum Gasteiger partial charge on any atom is -0.340 e. The number of carbonyl (C=O) groups excluding carboxylic acids is 1. The van der Waals surface area contributed by atoms with Crippen LogP contribution in [0.1, 0.15) is 11.5 Å². The van der Waals surface area contributed by atoms with Crippen LogP contribution in [0.5, 0.6) is 0 Å². The molecule has 1 N–H and O–H groups in total. The van der Waals surface area contributed by atoms with E-state index in [-0.39, 0.29) is 5.91 Å². The number of benzene rings is 1. The molecule has 0 bridgehead atoms. The van der Waals surface area contributed by atoms with E-state index in [2.05, 4.69) is 15.0 Å². The van der Waals surface area contributed by atoms with Gasteiger partial charge in [-0.05, 0) is 24.3 Å². The minimum absolute atomic E-state index is 0.0224. The fraction of sp³-hybridized carbons (Fsp3) is 0.188. The van der Waals surface area contributed by atoms with Gasteiger partial charge in [-0.2, -0.15) is 0 Å². The molecule has 0 aliphatic rings. The molecule has 0 aliphatic heterocycles. The van der Waals surface area contributed by atoms with Crippen molar-refractivity contribution in [3.63, 3.8) is 0 Å². The smallest absolute Gasteiger partial charge is 0.228 e. The third kappa shape index (κ3) is 3.08. The number of nitrogens with one attached hydrogen (secondary N) is 1. The van der Waals surface area contributed by atoms with E-state index in [1.54, 1.807) is 18.1 Å². The zero-order chi connectivity index (χ0) is 14.7. The molecule has 106 valence electrons. The third-order valence-electron chi connectivity index (χ3n) is 3.31. The maximum absolute atomic E-state index is 12.2. The monoisotopic (exact) mass is 280 g/mol. The van der Waals surface area contributed by atoms with Gasteiger partial charge in [0.05, 0.1) is 24.0 Å². The molecular formula is C16H16N4O. The predicted molar refractivity (Wildman–Crippen MR) is 80.5 cm³/mol. The van der Waals surface area contributed by atoms with Crippen LogP contribution in [0, 0.1) is 0 Å². The predicted octanol–water partition coefficient (Wildman–Crippen LogP) is 2.16. The van der Waals surface area contributed by atoms with Crippen LogP contribution in [0.15, 0.2) is 48.7 Å². The van der Waals surface area contributed by atoms with Crippen LogP contribution in [0.4, 0.5) is 0 Å². The number of hydrogen-bond donors (Lipinski definition) is 1. The standard InChI is InChI=1S/C16H16N4O/c1-20(16(21)10-12-6-4-5-9-17-12)11-15-18-13-7-2-3-8-14(13)19-15/h2-9H,10-11H2,1H3,(H,18,19). The summed E-state index contributed by atoms with van der Waals surface area (Å²) in [4.78, 5) is 25.7. The number of likely N-dealkylation sites (N-methyl/N-ethyl adjacent to an activating group) is 1. The van der Waals surface area contributed by atoms with Gasteiger partial charge in [-0.25, -0.2) is 4.98 Å². The van der Waals surface area contributed by atoms with Gasteiger partial charge in [0.2, 0.25) is 5.91 Å². The SMILES string of the molecule is CN(Cc1nc2ccccc2[nH]1)C(=O)Cc1ccccn1. The fourth-order valence-corrected chi connectivity index (χ4v) is 2.19. The average Bonchev–Trinajstić information content (AvgIpc) is 2.90. The maximum Gasteiger partial charge on any atom is 0.228 e. The molecule has 0 fully saturated rings. The van der Waals surface area contributed by atoms with Gasteiger partial charge in [0.1, 0.15) is 5.82 Å². The number of carbonyl (C=O) groups is 1. The van der Waals surface area contributed by atoms with Crippen molar-refractivity contribution in [3.05, 3.63) is 60.2 Å². The Kier molecular flexibility index (Phi) is 3.64. The van der Waals surface area contributed by atoms with Crippen LogP contribution in [-0.2, 0) is 17.8 Å². The van der Waals surface area contributed by atoms with Gasteiger partial charge >= 0.3 is 0 Å². The molecule has 0 unspecified atom stereocenters. The fourth-order valence-electron chi connectivity index (χ4n) is 2.19. The summed E-state index contributed by atoms with van der Waals surface area (Å²) in [5.74, 6) is 0.808. The first-order valence-electron chi connectivity index (χ1n) is 6.80. The number of rotatable bonds is 4. The second-order valence-corrected chi connectivity index (χ2v) is 4.95. The maximum atomic E-state index is 12.2. The van der Waals surface area contributed by atoms with E-state index >= 15 is 0 Å². The normalized spacial score (nSPS) is 10.7. The Labute approximate surface area is 122 Å². The summed E-state index contributed by atoms with van der Waals surface area (Å²) in [5, 5.41) is 0. The van der Waals surface area contributed by atoms with Gasteiger partial charge in [0.15, 0.2) is 0 Å². The molecule has 3 aromatic rings. The van der Waals surface area contributed by atoms with Gasteiger partial charge < -0.3 is 9.88 Å². The highest BCUT2D eigenvalue weighted by Crippen LogP contribution is 2.11. The van der Waals surface area contributed by atoms with Crippen molar-refractivity contribution < 1.29 is 4.79 Å². The average molecular weight is 280 g/mol. The molecule has 0 radical (unpaired) electrons. The Morgan fingerprint density at radius 3 is 2.76 bits per heavy atom. The van der Waals surface area contributed by atoms with Gasteiger partial charge in [-0.1, -0.05) is 18.2 Å². The van der Waals surface area contributed by atoms with Crippen LogP contribution in [-0.4, -0.2) is 32.8 Å². The van der Waals surface area contributed by atoms with Gasteiger partial charge in [0, 0.05) is 18.9 Å². The Balaban J connectivity index is 1.67. The molecule has 3 rings (SSSR count). The van der Waals surface area contributed by atoms with E-state index in [1.807, 2.05) is 42.5 Å².